The van der Waals surface area contributed by atoms with Gasteiger partial charge in [0, 0.05) is 5.56 Å². The first-order valence-electron chi connectivity index (χ1n) is 5.50. The molecule has 1 aliphatic rings. The predicted octanol–water partition coefficient (Wildman–Crippen LogP) is 0.841. The predicted molar refractivity (Wildman–Crippen MR) is 67.4 cm³/mol. The van der Waals surface area contributed by atoms with E-state index in [2.05, 4.69) is 17.9 Å². The number of ether oxygens (including phenoxy) is 2. The SMILES string of the molecule is CCOc1ccc(C2(S)OCC(=O)NC2=O)cc1. The lowest BCUT2D eigenvalue weighted by molar-refractivity contribution is -0.153. The molecule has 1 heterocycles. The topological polar surface area (TPSA) is 64.6 Å². The number of hydrogen-bond acceptors (Lipinski definition) is 5. The van der Waals surface area contributed by atoms with E-state index in [9.17, 15) is 9.59 Å². The van der Waals surface area contributed by atoms with Crippen molar-refractivity contribution in [1.82, 2.24) is 5.32 Å². The quantitative estimate of drug-likeness (QED) is 0.629. The zero-order valence-electron chi connectivity index (χ0n) is 9.80. The number of rotatable bonds is 3. The Morgan fingerprint density at radius 2 is 2.06 bits per heavy atom. The molecule has 1 N–H and O–H groups in total. The fraction of sp³-hybridized carbons (Fsp3) is 0.333. The number of imide groups is 1. The van der Waals surface area contributed by atoms with Crippen LogP contribution in [-0.2, 0) is 19.3 Å². The minimum Gasteiger partial charge on any atom is -0.494 e. The second-order valence-electron chi connectivity index (χ2n) is 3.77. The molecule has 1 aromatic rings. The van der Waals surface area contributed by atoms with Crippen molar-refractivity contribution in [3.8, 4) is 5.75 Å². The summed E-state index contributed by atoms with van der Waals surface area (Å²) < 4.78 is 10.5. The van der Waals surface area contributed by atoms with Crippen LogP contribution in [-0.4, -0.2) is 25.0 Å². The fourth-order valence-electron chi connectivity index (χ4n) is 1.64. The molecule has 0 aliphatic carbocycles. The molecule has 1 unspecified atom stereocenters. The summed E-state index contributed by atoms with van der Waals surface area (Å²) in [6.07, 6.45) is 0. The van der Waals surface area contributed by atoms with Gasteiger partial charge in [0.2, 0.25) is 4.93 Å². The number of carbonyl (C=O) groups is 2. The van der Waals surface area contributed by atoms with Crippen molar-refractivity contribution in [2.75, 3.05) is 13.2 Å². The van der Waals surface area contributed by atoms with Crippen molar-refractivity contribution >= 4 is 24.4 Å². The maximum Gasteiger partial charge on any atom is 0.274 e. The molecule has 5 nitrogen and oxygen atoms in total. The van der Waals surface area contributed by atoms with Crippen molar-refractivity contribution in [1.29, 1.82) is 0 Å². The van der Waals surface area contributed by atoms with E-state index in [4.69, 9.17) is 9.47 Å². The average Bonchev–Trinajstić information content (AvgIpc) is 2.36. The number of carbonyl (C=O) groups excluding carboxylic acids is 2. The minimum absolute atomic E-state index is 0.192. The van der Waals surface area contributed by atoms with Crippen LogP contribution in [0.15, 0.2) is 24.3 Å². The first-order valence-corrected chi connectivity index (χ1v) is 5.95. The van der Waals surface area contributed by atoms with Crippen LogP contribution >= 0.6 is 12.6 Å². The smallest absolute Gasteiger partial charge is 0.274 e. The molecule has 1 fully saturated rings. The molecule has 2 rings (SSSR count). The molecule has 1 aromatic carbocycles. The summed E-state index contributed by atoms with van der Waals surface area (Å²) in [5.41, 5.74) is 0.555. The highest BCUT2D eigenvalue weighted by Crippen LogP contribution is 2.33. The van der Waals surface area contributed by atoms with Gasteiger partial charge in [0.1, 0.15) is 12.4 Å². The van der Waals surface area contributed by atoms with Gasteiger partial charge in [0.15, 0.2) is 0 Å². The summed E-state index contributed by atoms with van der Waals surface area (Å²) in [6.45, 7) is 2.26. The van der Waals surface area contributed by atoms with E-state index in [1.54, 1.807) is 24.3 Å². The number of amides is 2. The first kappa shape index (κ1) is 12.9. The van der Waals surface area contributed by atoms with Crippen LogP contribution in [0.5, 0.6) is 5.75 Å². The van der Waals surface area contributed by atoms with Crippen LogP contribution in [0.25, 0.3) is 0 Å². The number of thiol groups is 1. The summed E-state index contributed by atoms with van der Waals surface area (Å²) in [5.74, 6) is -0.340. The van der Waals surface area contributed by atoms with E-state index in [0.29, 0.717) is 17.9 Å². The van der Waals surface area contributed by atoms with Crippen LogP contribution < -0.4 is 10.1 Å². The van der Waals surface area contributed by atoms with Crippen LogP contribution in [0.2, 0.25) is 0 Å². The summed E-state index contributed by atoms with van der Waals surface area (Å²) in [5, 5.41) is 2.20. The molecular weight excluding hydrogens is 254 g/mol. The van der Waals surface area contributed by atoms with Crippen LogP contribution in [0, 0.1) is 0 Å². The molecule has 1 atom stereocenters. The standard InChI is InChI=1S/C12H13NO4S/c1-2-16-9-5-3-8(4-6-9)12(18)11(15)13-10(14)7-17-12/h3-6,18H,2,7H2,1H3,(H,13,14,15). The molecule has 0 spiro atoms. The van der Waals surface area contributed by atoms with Gasteiger partial charge in [-0.15, -0.1) is 12.6 Å². The Labute approximate surface area is 110 Å². The van der Waals surface area contributed by atoms with Crippen LogP contribution in [0.4, 0.5) is 0 Å². The van der Waals surface area contributed by atoms with Gasteiger partial charge < -0.3 is 9.47 Å². The highest BCUT2D eigenvalue weighted by Gasteiger charge is 2.42. The Bertz CT molecular complexity index is 473. The zero-order valence-corrected chi connectivity index (χ0v) is 10.7. The average molecular weight is 267 g/mol. The Balaban J connectivity index is 2.24. The van der Waals surface area contributed by atoms with Gasteiger partial charge in [0.05, 0.1) is 6.61 Å². The molecule has 0 saturated carbocycles. The second kappa shape index (κ2) is 4.99. The lowest BCUT2D eigenvalue weighted by atomic mass is 10.1. The van der Waals surface area contributed by atoms with Crippen molar-refractivity contribution in [2.45, 2.75) is 11.9 Å². The van der Waals surface area contributed by atoms with E-state index in [-0.39, 0.29) is 6.61 Å². The van der Waals surface area contributed by atoms with Crippen molar-refractivity contribution in [3.05, 3.63) is 29.8 Å². The Morgan fingerprint density at radius 3 is 2.61 bits per heavy atom. The number of benzene rings is 1. The molecule has 0 bridgehead atoms. The molecule has 6 heteroatoms. The highest BCUT2D eigenvalue weighted by molar-refractivity contribution is 7.82. The molecule has 1 aliphatic heterocycles. The lowest BCUT2D eigenvalue weighted by Crippen LogP contribution is -2.52. The third kappa shape index (κ3) is 2.34. The maximum absolute atomic E-state index is 11.8. The van der Waals surface area contributed by atoms with E-state index >= 15 is 0 Å². The van der Waals surface area contributed by atoms with Gasteiger partial charge >= 0.3 is 0 Å². The van der Waals surface area contributed by atoms with E-state index in [1.807, 2.05) is 6.92 Å². The Kier molecular flexibility index (Phi) is 3.58. The van der Waals surface area contributed by atoms with Gasteiger partial charge in [-0.1, -0.05) is 12.1 Å². The molecule has 0 radical (unpaired) electrons. The maximum atomic E-state index is 11.8. The molecule has 1 saturated heterocycles. The normalized spacial score (nSPS) is 23.7. The summed E-state index contributed by atoms with van der Waals surface area (Å²) in [7, 11) is 0. The number of nitrogens with one attached hydrogen (secondary N) is 1. The second-order valence-corrected chi connectivity index (χ2v) is 4.40. The third-order valence-electron chi connectivity index (χ3n) is 2.53. The minimum atomic E-state index is -1.43. The fourth-order valence-corrected chi connectivity index (χ4v) is 1.91. The third-order valence-corrected chi connectivity index (χ3v) is 3.12. The lowest BCUT2D eigenvalue weighted by Gasteiger charge is -2.31. The zero-order chi connectivity index (χ0) is 13.2. The van der Waals surface area contributed by atoms with Crippen molar-refractivity contribution in [3.63, 3.8) is 0 Å². The Hall–Kier alpha value is -1.53. The van der Waals surface area contributed by atoms with Gasteiger partial charge in [-0.25, -0.2) is 0 Å². The van der Waals surface area contributed by atoms with E-state index in [0.717, 1.165) is 0 Å². The molecular formula is C12H13NO4S. The van der Waals surface area contributed by atoms with Gasteiger partial charge in [-0.3, -0.25) is 14.9 Å². The molecule has 0 aromatic heterocycles. The van der Waals surface area contributed by atoms with Gasteiger partial charge in [-0.2, -0.15) is 0 Å². The number of morpholine rings is 1. The van der Waals surface area contributed by atoms with Gasteiger partial charge in [0.25, 0.3) is 11.8 Å². The van der Waals surface area contributed by atoms with Crippen molar-refractivity contribution < 1.29 is 19.1 Å². The Morgan fingerprint density at radius 1 is 1.39 bits per heavy atom. The first-order chi connectivity index (χ1) is 8.56. The van der Waals surface area contributed by atoms with E-state index < -0.39 is 16.7 Å². The monoisotopic (exact) mass is 267 g/mol. The van der Waals surface area contributed by atoms with Crippen LogP contribution in [0.1, 0.15) is 12.5 Å². The van der Waals surface area contributed by atoms with Crippen LogP contribution in [0.3, 0.4) is 0 Å². The largest absolute Gasteiger partial charge is 0.494 e. The summed E-state index contributed by atoms with van der Waals surface area (Å²) in [4.78, 5) is 21.4. The molecule has 18 heavy (non-hydrogen) atoms. The molecule has 2 amide bonds. The summed E-state index contributed by atoms with van der Waals surface area (Å²) >= 11 is 4.23. The molecule has 96 valence electrons. The number of hydrogen-bond donors (Lipinski definition) is 2. The van der Waals surface area contributed by atoms with Gasteiger partial charge in [-0.05, 0) is 19.1 Å². The highest BCUT2D eigenvalue weighted by atomic mass is 32.1. The summed E-state index contributed by atoms with van der Waals surface area (Å²) in [6, 6.07) is 6.83. The van der Waals surface area contributed by atoms with Crippen molar-refractivity contribution in [2.24, 2.45) is 0 Å². The van der Waals surface area contributed by atoms with E-state index in [1.165, 1.54) is 0 Å².